The number of carbonyl (C=O) groups is 1. The third-order valence-corrected chi connectivity index (χ3v) is 5.55. The number of ether oxygens (including phenoxy) is 1. The summed E-state index contributed by atoms with van der Waals surface area (Å²) in [5, 5.41) is 5.11. The maximum Gasteiger partial charge on any atom is 0.261 e. The Hall–Kier alpha value is -1.24. The molecule has 2 aromatic heterocycles. The molecule has 6 heteroatoms. The molecule has 0 radical (unpaired) electrons. The van der Waals surface area contributed by atoms with E-state index in [2.05, 4.69) is 26.2 Å². The molecule has 22 heavy (non-hydrogen) atoms. The van der Waals surface area contributed by atoms with Gasteiger partial charge < -0.3 is 10.1 Å². The zero-order chi connectivity index (χ0) is 15.4. The smallest absolute Gasteiger partial charge is 0.261 e. The van der Waals surface area contributed by atoms with E-state index in [1.807, 2.05) is 29.8 Å². The molecule has 1 aliphatic rings. The molecule has 116 valence electrons. The third-order valence-electron chi connectivity index (χ3n) is 3.86. The number of aromatic nitrogens is 1. The van der Waals surface area contributed by atoms with Gasteiger partial charge in [0.15, 0.2) is 0 Å². The summed E-state index contributed by atoms with van der Waals surface area (Å²) in [4.78, 5) is 17.4. The minimum absolute atomic E-state index is 0.0222. The summed E-state index contributed by atoms with van der Waals surface area (Å²) in [5.41, 5.74) is 1.05. The Kier molecular flexibility index (Phi) is 5.23. The number of thiophene rings is 1. The van der Waals surface area contributed by atoms with Crippen LogP contribution in [0.25, 0.3) is 0 Å². The van der Waals surface area contributed by atoms with Crippen LogP contribution in [-0.2, 0) is 4.74 Å². The van der Waals surface area contributed by atoms with Gasteiger partial charge in [-0.3, -0.25) is 9.78 Å². The van der Waals surface area contributed by atoms with Gasteiger partial charge in [-0.05, 0) is 52.4 Å². The van der Waals surface area contributed by atoms with Gasteiger partial charge in [0, 0.05) is 35.5 Å². The van der Waals surface area contributed by atoms with E-state index >= 15 is 0 Å². The van der Waals surface area contributed by atoms with E-state index in [-0.39, 0.29) is 11.9 Å². The van der Waals surface area contributed by atoms with Crippen molar-refractivity contribution >= 4 is 33.2 Å². The monoisotopic (exact) mass is 380 g/mol. The molecule has 0 unspecified atom stereocenters. The van der Waals surface area contributed by atoms with Gasteiger partial charge in [-0.2, -0.15) is 0 Å². The Balaban J connectivity index is 1.80. The molecule has 1 atom stereocenters. The maximum absolute atomic E-state index is 12.5. The number of hydrogen-bond acceptors (Lipinski definition) is 4. The molecule has 1 saturated heterocycles. The second kappa shape index (κ2) is 7.35. The van der Waals surface area contributed by atoms with Crippen LogP contribution in [0.4, 0.5) is 0 Å². The molecule has 0 aliphatic carbocycles. The quantitative estimate of drug-likeness (QED) is 0.877. The Morgan fingerprint density at radius 2 is 2.27 bits per heavy atom. The van der Waals surface area contributed by atoms with Crippen LogP contribution in [0.5, 0.6) is 0 Å². The Labute approximate surface area is 142 Å². The summed E-state index contributed by atoms with van der Waals surface area (Å²) in [6, 6.07) is 5.77. The Morgan fingerprint density at radius 3 is 2.91 bits per heavy atom. The number of carbonyl (C=O) groups excluding carboxylic acids is 1. The minimum Gasteiger partial charge on any atom is -0.381 e. The van der Waals surface area contributed by atoms with Gasteiger partial charge in [0.25, 0.3) is 5.91 Å². The van der Waals surface area contributed by atoms with Crippen molar-refractivity contribution in [1.82, 2.24) is 10.3 Å². The van der Waals surface area contributed by atoms with Gasteiger partial charge in [-0.15, -0.1) is 11.3 Å². The van der Waals surface area contributed by atoms with Crippen molar-refractivity contribution in [1.29, 1.82) is 0 Å². The molecule has 1 aliphatic heterocycles. The standard InChI is InChI=1S/C16H17BrN2O2S/c17-13-8-14(22-10-13)16(20)19-15(11-3-6-21-7-4-11)12-2-1-5-18-9-12/h1-2,5,8-11,15H,3-4,6-7H2,(H,19,20)/t15-/m0/s1. The van der Waals surface area contributed by atoms with Crippen molar-refractivity contribution in [3.63, 3.8) is 0 Å². The van der Waals surface area contributed by atoms with Crippen LogP contribution in [0, 0.1) is 5.92 Å². The van der Waals surface area contributed by atoms with Crippen molar-refractivity contribution in [2.24, 2.45) is 5.92 Å². The predicted octanol–water partition coefficient (Wildman–Crippen LogP) is 3.80. The van der Waals surface area contributed by atoms with Gasteiger partial charge >= 0.3 is 0 Å². The van der Waals surface area contributed by atoms with Crippen molar-refractivity contribution in [2.45, 2.75) is 18.9 Å². The molecule has 0 aromatic carbocycles. The van der Waals surface area contributed by atoms with Gasteiger partial charge in [0.05, 0.1) is 10.9 Å². The minimum atomic E-state index is -0.0314. The van der Waals surface area contributed by atoms with Crippen LogP contribution in [0.15, 0.2) is 40.4 Å². The van der Waals surface area contributed by atoms with E-state index in [4.69, 9.17) is 4.74 Å². The molecule has 0 saturated carbocycles. The SMILES string of the molecule is O=C(N[C@H](c1cccnc1)C1CCOCC1)c1cc(Br)cs1. The highest BCUT2D eigenvalue weighted by Crippen LogP contribution is 2.30. The van der Waals surface area contributed by atoms with Gasteiger partial charge in [-0.25, -0.2) is 0 Å². The zero-order valence-electron chi connectivity index (χ0n) is 12.0. The van der Waals surface area contributed by atoms with E-state index in [9.17, 15) is 4.79 Å². The lowest BCUT2D eigenvalue weighted by atomic mass is 9.87. The van der Waals surface area contributed by atoms with E-state index in [0.29, 0.717) is 10.8 Å². The van der Waals surface area contributed by atoms with Crippen LogP contribution in [-0.4, -0.2) is 24.1 Å². The average Bonchev–Trinajstić information content (AvgIpc) is 3.01. The maximum atomic E-state index is 12.5. The lowest BCUT2D eigenvalue weighted by Gasteiger charge is -2.31. The van der Waals surface area contributed by atoms with E-state index < -0.39 is 0 Å². The number of hydrogen-bond donors (Lipinski definition) is 1. The highest BCUT2D eigenvalue weighted by Gasteiger charge is 2.27. The number of pyridine rings is 1. The lowest BCUT2D eigenvalue weighted by Crippen LogP contribution is -2.35. The van der Waals surface area contributed by atoms with Gasteiger partial charge in [-0.1, -0.05) is 6.07 Å². The molecule has 4 nitrogen and oxygen atoms in total. The summed E-state index contributed by atoms with van der Waals surface area (Å²) in [7, 11) is 0. The van der Waals surface area contributed by atoms with Crippen molar-refractivity contribution in [3.05, 3.63) is 50.9 Å². The summed E-state index contributed by atoms with van der Waals surface area (Å²) in [6.45, 7) is 1.50. The van der Waals surface area contributed by atoms with Gasteiger partial charge in [0.2, 0.25) is 0 Å². The molecule has 0 spiro atoms. The lowest BCUT2D eigenvalue weighted by molar-refractivity contribution is 0.0514. The average molecular weight is 381 g/mol. The van der Waals surface area contributed by atoms with E-state index in [0.717, 1.165) is 36.1 Å². The molecule has 1 amide bonds. The van der Waals surface area contributed by atoms with Crippen LogP contribution in [0.2, 0.25) is 0 Å². The summed E-state index contributed by atoms with van der Waals surface area (Å²) in [5.74, 6) is 0.348. The largest absolute Gasteiger partial charge is 0.381 e. The number of amides is 1. The van der Waals surface area contributed by atoms with E-state index in [1.54, 1.807) is 6.20 Å². The topological polar surface area (TPSA) is 51.2 Å². The number of nitrogens with one attached hydrogen (secondary N) is 1. The number of nitrogens with zero attached hydrogens (tertiary/aromatic N) is 1. The summed E-state index contributed by atoms with van der Waals surface area (Å²) >= 11 is 4.83. The van der Waals surface area contributed by atoms with Crippen LogP contribution < -0.4 is 5.32 Å². The zero-order valence-corrected chi connectivity index (χ0v) is 14.4. The molecule has 1 fully saturated rings. The first-order chi connectivity index (χ1) is 10.7. The fourth-order valence-electron chi connectivity index (χ4n) is 2.73. The molecule has 3 heterocycles. The summed E-state index contributed by atoms with van der Waals surface area (Å²) < 4.78 is 6.38. The fraction of sp³-hybridized carbons (Fsp3) is 0.375. The van der Waals surface area contributed by atoms with Crippen LogP contribution in [0.3, 0.4) is 0 Å². The first kappa shape index (κ1) is 15.6. The molecule has 3 rings (SSSR count). The van der Waals surface area contributed by atoms with Crippen LogP contribution in [0.1, 0.15) is 34.1 Å². The second-order valence-electron chi connectivity index (χ2n) is 5.32. The fourth-order valence-corrected chi connectivity index (χ4v) is 4.06. The number of rotatable bonds is 4. The first-order valence-electron chi connectivity index (χ1n) is 7.26. The Morgan fingerprint density at radius 1 is 1.45 bits per heavy atom. The molecular weight excluding hydrogens is 364 g/mol. The van der Waals surface area contributed by atoms with Crippen LogP contribution >= 0.6 is 27.3 Å². The third kappa shape index (κ3) is 3.74. The van der Waals surface area contributed by atoms with E-state index in [1.165, 1.54) is 11.3 Å². The molecule has 0 bridgehead atoms. The van der Waals surface area contributed by atoms with Gasteiger partial charge in [0.1, 0.15) is 0 Å². The number of halogens is 1. The first-order valence-corrected chi connectivity index (χ1v) is 8.94. The molecule has 2 aromatic rings. The predicted molar refractivity (Wildman–Crippen MR) is 90.0 cm³/mol. The molecule has 1 N–H and O–H groups in total. The van der Waals surface area contributed by atoms with Crippen molar-refractivity contribution in [3.8, 4) is 0 Å². The highest BCUT2D eigenvalue weighted by molar-refractivity contribution is 9.10. The Bertz CT molecular complexity index is 626. The normalized spacial score (nSPS) is 17.1. The van der Waals surface area contributed by atoms with Crippen molar-refractivity contribution in [2.75, 3.05) is 13.2 Å². The van der Waals surface area contributed by atoms with Crippen molar-refractivity contribution < 1.29 is 9.53 Å². The second-order valence-corrected chi connectivity index (χ2v) is 7.14. The summed E-state index contributed by atoms with van der Waals surface area (Å²) in [6.07, 6.45) is 5.50. The highest BCUT2D eigenvalue weighted by atomic mass is 79.9. The molecular formula is C16H17BrN2O2S.